The molecule has 0 radical (unpaired) electrons. The SMILES string of the molecule is CC(C)OC(=O)N[C@H]1C[C@@H](C)Nc2ccc(-c3ccc(N4CCCCC4)nc3)cc21. The van der Waals surface area contributed by atoms with Gasteiger partial charge in [0.05, 0.1) is 12.1 Å². The van der Waals surface area contributed by atoms with Crippen LogP contribution in [0.4, 0.5) is 16.3 Å². The second-order valence-corrected chi connectivity index (χ2v) is 8.69. The molecule has 0 saturated carbocycles. The first-order chi connectivity index (χ1) is 14.5. The van der Waals surface area contributed by atoms with E-state index in [1.54, 1.807) is 0 Å². The highest BCUT2D eigenvalue weighted by Gasteiger charge is 2.26. The second-order valence-electron chi connectivity index (χ2n) is 8.69. The van der Waals surface area contributed by atoms with Crippen molar-refractivity contribution in [2.45, 2.75) is 64.6 Å². The summed E-state index contributed by atoms with van der Waals surface area (Å²) in [6.07, 6.45) is 6.07. The van der Waals surface area contributed by atoms with Crippen LogP contribution in [0.25, 0.3) is 11.1 Å². The molecule has 0 spiro atoms. The topological polar surface area (TPSA) is 66.5 Å². The fourth-order valence-corrected chi connectivity index (χ4v) is 4.36. The third-order valence-corrected chi connectivity index (χ3v) is 5.81. The largest absolute Gasteiger partial charge is 0.447 e. The Morgan fingerprint density at radius 3 is 2.63 bits per heavy atom. The Balaban J connectivity index is 1.55. The third-order valence-electron chi connectivity index (χ3n) is 5.81. The molecule has 1 fully saturated rings. The minimum Gasteiger partial charge on any atom is -0.447 e. The van der Waals surface area contributed by atoms with Gasteiger partial charge in [0.15, 0.2) is 0 Å². The molecule has 2 N–H and O–H groups in total. The predicted molar refractivity (Wildman–Crippen MR) is 121 cm³/mol. The summed E-state index contributed by atoms with van der Waals surface area (Å²) in [5.74, 6) is 1.06. The maximum absolute atomic E-state index is 12.2. The number of nitrogens with zero attached hydrogens (tertiary/aromatic N) is 2. The number of alkyl carbamates (subject to hydrolysis) is 1. The number of carbonyl (C=O) groups is 1. The first-order valence-corrected chi connectivity index (χ1v) is 11.1. The van der Waals surface area contributed by atoms with E-state index in [1.807, 2.05) is 20.0 Å². The summed E-state index contributed by atoms with van der Waals surface area (Å²) in [4.78, 5) is 19.3. The van der Waals surface area contributed by atoms with E-state index >= 15 is 0 Å². The van der Waals surface area contributed by atoms with Crippen LogP contribution >= 0.6 is 0 Å². The van der Waals surface area contributed by atoms with Gasteiger partial charge in [0.25, 0.3) is 0 Å². The summed E-state index contributed by atoms with van der Waals surface area (Å²) in [5.41, 5.74) is 4.34. The Morgan fingerprint density at radius 1 is 1.17 bits per heavy atom. The molecule has 2 aliphatic heterocycles. The molecule has 2 atom stereocenters. The van der Waals surface area contributed by atoms with Gasteiger partial charge in [0, 0.05) is 36.6 Å². The quantitative estimate of drug-likeness (QED) is 0.735. The highest BCUT2D eigenvalue weighted by Crippen LogP contribution is 2.36. The number of amides is 1. The highest BCUT2D eigenvalue weighted by molar-refractivity contribution is 5.73. The zero-order valence-corrected chi connectivity index (χ0v) is 18.1. The van der Waals surface area contributed by atoms with E-state index in [9.17, 15) is 4.79 Å². The summed E-state index contributed by atoms with van der Waals surface area (Å²) in [5, 5.41) is 6.56. The van der Waals surface area contributed by atoms with Crippen LogP contribution in [0.5, 0.6) is 0 Å². The summed E-state index contributed by atoms with van der Waals surface area (Å²) < 4.78 is 5.30. The van der Waals surface area contributed by atoms with E-state index in [1.165, 1.54) is 19.3 Å². The van der Waals surface area contributed by atoms with Crippen molar-refractivity contribution >= 4 is 17.6 Å². The first kappa shape index (κ1) is 20.5. The standard InChI is InChI=1S/C24H32N4O2/c1-16(2)30-24(29)27-22-13-17(3)26-21-9-7-18(14-20(21)22)19-8-10-23(25-15-19)28-11-5-4-6-12-28/h7-10,14-17,22,26H,4-6,11-13H2,1-3H3,(H,27,29)/t17-,22+/m1/s1. The van der Waals surface area contributed by atoms with Crippen LogP contribution in [-0.2, 0) is 4.74 Å². The number of ether oxygens (including phenoxy) is 1. The van der Waals surface area contributed by atoms with Gasteiger partial charge in [-0.25, -0.2) is 9.78 Å². The van der Waals surface area contributed by atoms with Crippen molar-refractivity contribution in [1.82, 2.24) is 10.3 Å². The molecule has 6 nitrogen and oxygen atoms in total. The highest BCUT2D eigenvalue weighted by atomic mass is 16.6. The lowest BCUT2D eigenvalue weighted by atomic mass is 9.91. The van der Waals surface area contributed by atoms with Crippen LogP contribution in [-0.4, -0.2) is 36.3 Å². The molecule has 1 aromatic carbocycles. The number of piperidine rings is 1. The van der Waals surface area contributed by atoms with Crippen molar-refractivity contribution in [3.8, 4) is 11.1 Å². The van der Waals surface area contributed by atoms with Gasteiger partial charge in [0.1, 0.15) is 5.82 Å². The van der Waals surface area contributed by atoms with Gasteiger partial charge in [-0.2, -0.15) is 0 Å². The third kappa shape index (κ3) is 4.69. The molecular weight excluding hydrogens is 376 g/mol. The van der Waals surface area contributed by atoms with Crippen molar-refractivity contribution in [3.05, 3.63) is 42.1 Å². The van der Waals surface area contributed by atoms with Gasteiger partial charge < -0.3 is 20.3 Å². The molecule has 0 unspecified atom stereocenters. The monoisotopic (exact) mass is 408 g/mol. The molecule has 2 aromatic rings. The fourth-order valence-electron chi connectivity index (χ4n) is 4.36. The van der Waals surface area contributed by atoms with E-state index < -0.39 is 0 Å². The Hall–Kier alpha value is -2.76. The summed E-state index contributed by atoms with van der Waals surface area (Å²) in [6.45, 7) is 8.03. The van der Waals surface area contributed by atoms with E-state index in [2.05, 4.69) is 52.8 Å². The summed E-state index contributed by atoms with van der Waals surface area (Å²) in [7, 11) is 0. The Kier molecular flexibility index (Phi) is 6.11. The lowest BCUT2D eigenvalue weighted by molar-refractivity contribution is 0.111. The van der Waals surface area contributed by atoms with Gasteiger partial charge in [-0.3, -0.25) is 0 Å². The molecule has 0 bridgehead atoms. The molecule has 6 heteroatoms. The fraction of sp³-hybridized carbons (Fsp3) is 0.500. The van der Waals surface area contributed by atoms with Gasteiger partial charge >= 0.3 is 6.09 Å². The Labute approximate surface area is 179 Å². The molecule has 4 rings (SSSR count). The summed E-state index contributed by atoms with van der Waals surface area (Å²) >= 11 is 0. The van der Waals surface area contributed by atoms with Crippen molar-refractivity contribution in [3.63, 3.8) is 0 Å². The maximum atomic E-state index is 12.2. The Bertz CT molecular complexity index is 875. The van der Waals surface area contributed by atoms with E-state index in [0.29, 0.717) is 0 Å². The first-order valence-electron chi connectivity index (χ1n) is 11.1. The smallest absolute Gasteiger partial charge is 0.407 e. The number of carbonyl (C=O) groups excluding carboxylic acids is 1. The average Bonchev–Trinajstić information content (AvgIpc) is 2.73. The molecule has 1 amide bonds. The van der Waals surface area contributed by atoms with Gasteiger partial charge in [-0.15, -0.1) is 0 Å². The number of aromatic nitrogens is 1. The molecule has 2 aliphatic rings. The number of hydrogen-bond acceptors (Lipinski definition) is 5. The van der Waals surface area contributed by atoms with Gasteiger partial charge in [0.2, 0.25) is 0 Å². The average molecular weight is 409 g/mol. The molecule has 30 heavy (non-hydrogen) atoms. The molecule has 1 saturated heterocycles. The number of nitrogens with one attached hydrogen (secondary N) is 2. The molecule has 3 heterocycles. The molecule has 1 aromatic heterocycles. The van der Waals surface area contributed by atoms with E-state index in [0.717, 1.165) is 47.7 Å². The summed E-state index contributed by atoms with van der Waals surface area (Å²) in [6, 6.07) is 10.8. The zero-order valence-electron chi connectivity index (χ0n) is 18.1. The Morgan fingerprint density at radius 2 is 1.93 bits per heavy atom. The number of fused-ring (bicyclic) bond motifs is 1. The maximum Gasteiger partial charge on any atom is 0.407 e. The van der Waals surface area contributed by atoms with Gasteiger partial charge in [-0.1, -0.05) is 6.07 Å². The normalized spacial score (nSPS) is 21.0. The zero-order chi connectivity index (χ0) is 21.1. The van der Waals surface area contributed by atoms with Crippen molar-refractivity contribution in [2.75, 3.05) is 23.3 Å². The minimum absolute atomic E-state index is 0.0805. The van der Waals surface area contributed by atoms with Crippen molar-refractivity contribution < 1.29 is 9.53 Å². The van der Waals surface area contributed by atoms with Crippen LogP contribution in [0.15, 0.2) is 36.5 Å². The van der Waals surface area contributed by atoms with Gasteiger partial charge in [-0.05, 0) is 81.8 Å². The molecule has 0 aliphatic carbocycles. The predicted octanol–water partition coefficient (Wildman–Crippen LogP) is 5.12. The number of pyridine rings is 1. The van der Waals surface area contributed by atoms with Crippen LogP contribution in [0.1, 0.15) is 58.1 Å². The van der Waals surface area contributed by atoms with Crippen molar-refractivity contribution in [1.29, 1.82) is 0 Å². The van der Waals surface area contributed by atoms with Crippen LogP contribution < -0.4 is 15.5 Å². The lowest BCUT2D eigenvalue weighted by Crippen LogP contribution is -2.37. The second kappa shape index (κ2) is 8.94. The number of rotatable bonds is 4. The number of anilines is 2. The molecule has 160 valence electrons. The van der Waals surface area contributed by atoms with Crippen LogP contribution in [0.2, 0.25) is 0 Å². The van der Waals surface area contributed by atoms with E-state index in [-0.39, 0.29) is 24.3 Å². The van der Waals surface area contributed by atoms with Crippen molar-refractivity contribution in [2.24, 2.45) is 0 Å². The molecular formula is C24H32N4O2. The van der Waals surface area contributed by atoms with E-state index in [4.69, 9.17) is 9.72 Å². The number of hydrogen-bond donors (Lipinski definition) is 2. The number of benzene rings is 1. The van der Waals surface area contributed by atoms with Crippen LogP contribution in [0, 0.1) is 0 Å². The van der Waals surface area contributed by atoms with Crippen LogP contribution in [0.3, 0.4) is 0 Å². The lowest BCUT2D eigenvalue weighted by Gasteiger charge is -2.32. The minimum atomic E-state index is -0.368.